The lowest BCUT2D eigenvalue weighted by Crippen LogP contribution is -2.39. The second-order valence-corrected chi connectivity index (χ2v) is 3.86. The van der Waals surface area contributed by atoms with Crippen molar-refractivity contribution in [3.8, 4) is 0 Å². The van der Waals surface area contributed by atoms with Crippen molar-refractivity contribution in [2.45, 2.75) is 19.3 Å². The van der Waals surface area contributed by atoms with Gasteiger partial charge in [0.05, 0.1) is 11.8 Å². The van der Waals surface area contributed by atoms with E-state index in [1.807, 2.05) is 12.2 Å². The lowest BCUT2D eigenvalue weighted by molar-refractivity contribution is -0.147. The predicted octanol–water partition coefficient (Wildman–Crippen LogP) is 1.35. The molecule has 2 atom stereocenters. The lowest BCUT2D eigenvalue weighted by Gasteiger charge is -2.24. The Balaban J connectivity index is 2.55. The van der Waals surface area contributed by atoms with Crippen molar-refractivity contribution in [1.29, 1.82) is 0 Å². The Labute approximate surface area is 95.0 Å². The molecule has 0 saturated carbocycles. The van der Waals surface area contributed by atoms with E-state index in [2.05, 4.69) is 11.9 Å². The van der Waals surface area contributed by atoms with Gasteiger partial charge in [-0.1, -0.05) is 18.2 Å². The number of allylic oxidation sites excluding steroid dienone is 2. The highest BCUT2D eigenvalue weighted by Crippen LogP contribution is 2.25. The van der Waals surface area contributed by atoms with Crippen LogP contribution in [0.25, 0.3) is 0 Å². The van der Waals surface area contributed by atoms with Crippen LogP contribution in [0.4, 0.5) is 0 Å². The maximum atomic E-state index is 11.7. The molecular weight excluding hydrogens is 206 g/mol. The van der Waals surface area contributed by atoms with Gasteiger partial charge in [0.15, 0.2) is 0 Å². The summed E-state index contributed by atoms with van der Waals surface area (Å²) in [4.78, 5) is 22.7. The number of aliphatic carboxylic acids is 1. The number of hydrogen-bond acceptors (Lipinski definition) is 2. The first-order valence-electron chi connectivity index (χ1n) is 5.43. The number of carboxylic acid groups (broad SMARTS) is 1. The second-order valence-electron chi connectivity index (χ2n) is 3.86. The van der Waals surface area contributed by atoms with Crippen LogP contribution in [-0.4, -0.2) is 23.5 Å². The summed E-state index contributed by atoms with van der Waals surface area (Å²) in [6, 6.07) is 0. The quantitative estimate of drug-likeness (QED) is 0.546. The van der Waals surface area contributed by atoms with E-state index in [-0.39, 0.29) is 5.91 Å². The molecule has 1 aliphatic rings. The smallest absolute Gasteiger partial charge is 0.307 e. The van der Waals surface area contributed by atoms with Crippen LogP contribution in [-0.2, 0) is 9.59 Å². The van der Waals surface area contributed by atoms with Gasteiger partial charge in [-0.05, 0) is 19.3 Å². The largest absolute Gasteiger partial charge is 0.481 e. The van der Waals surface area contributed by atoms with Gasteiger partial charge in [-0.15, -0.1) is 6.58 Å². The minimum Gasteiger partial charge on any atom is -0.481 e. The molecule has 1 rings (SSSR count). The van der Waals surface area contributed by atoms with Crippen LogP contribution in [0, 0.1) is 11.8 Å². The number of carboxylic acids is 1. The van der Waals surface area contributed by atoms with E-state index in [0.29, 0.717) is 25.8 Å². The molecule has 0 fully saturated rings. The van der Waals surface area contributed by atoms with E-state index in [1.165, 1.54) is 0 Å². The minimum absolute atomic E-state index is 0.168. The van der Waals surface area contributed by atoms with Crippen molar-refractivity contribution in [3.05, 3.63) is 24.8 Å². The molecule has 0 spiro atoms. The van der Waals surface area contributed by atoms with E-state index < -0.39 is 17.8 Å². The third-order valence-electron chi connectivity index (χ3n) is 2.73. The highest BCUT2D eigenvalue weighted by atomic mass is 16.4. The first kappa shape index (κ1) is 12.5. The highest BCUT2D eigenvalue weighted by molar-refractivity contribution is 5.85. The summed E-state index contributed by atoms with van der Waals surface area (Å²) in [5.74, 6) is -2.09. The van der Waals surface area contributed by atoms with Crippen molar-refractivity contribution in [2.75, 3.05) is 6.54 Å². The van der Waals surface area contributed by atoms with E-state index in [9.17, 15) is 9.59 Å². The fourth-order valence-electron chi connectivity index (χ4n) is 1.81. The van der Waals surface area contributed by atoms with Gasteiger partial charge in [0.2, 0.25) is 5.91 Å². The van der Waals surface area contributed by atoms with E-state index in [4.69, 9.17) is 5.11 Å². The third-order valence-corrected chi connectivity index (χ3v) is 2.73. The summed E-state index contributed by atoms with van der Waals surface area (Å²) in [6.45, 7) is 4.08. The average molecular weight is 223 g/mol. The third kappa shape index (κ3) is 3.22. The van der Waals surface area contributed by atoms with Crippen molar-refractivity contribution in [2.24, 2.45) is 11.8 Å². The number of amides is 1. The van der Waals surface area contributed by atoms with Gasteiger partial charge < -0.3 is 10.4 Å². The molecule has 1 aliphatic carbocycles. The Bertz CT molecular complexity index is 309. The van der Waals surface area contributed by atoms with Crippen molar-refractivity contribution in [3.63, 3.8) is 0 Å². The Kier molecular flexibility index (Phi) is 4.76. The van der Waals surface area contributed by atoms with Gasteiger partial charge >= 0.3 is 5.97 Å². The van der Waals surface area contributed by atoms with Crippen LogP contribution >= 0.6 is 0 Å². The average Bonchev–Trinajstić information content (AvgIpc) is 2.29. The topological polar surface area (TPSA) is 66.4 Å². The van der Waals surface area contributed by atoms with Crippen LogP contribution < -0.4 is 5.32 Å². The molecule has 88 valence electrons. The van der Waals surface area contributed by atoms with Crippen molar-refractivity contribution >= 4 is 11.9 Å². The van der Waals surface area contributed by atoms with Crippen molar-refractivity contribution in [1.82, 2.24) is 5.32 Å². The molecule has 0 saturated heterocycles. The number of nitrogens with one attached hydrogen (secondary N) is 1. The van der Waals surface area contributed by atoms with Crippen LogP contribution in [0.5, 0.6) is 0 Å². The predicted molar refractivity (Wildman–Crippen MR) is 60.8 cm³/mol. The summed E-state index contributed by atoms with van der Waals surface area (Å²) >= 11 is 0. The minimum atomic E-state index is -0.895. The number of carbonyl (C=O) groups excluding carboxylic acids is 1. The van der Waals surface area contributed by atoms with E-state index >= 15 is 0 Å². The molecule has 4 nitrogen and oxygen atoms in total. The molecular formula is C12H17NO3. The molecule has 4 heteroatoms. The summed E-state index contributed by atoms with van der Waals surface area (Å²) < 4.78 is 0. The van der Waals surface area contributed by atoms with Crippen LogP contribution in [0.1, 0.15) is 19.3 Å². The Morgan fingerprint density at radius 3 is 2.56 bits per heavy atom. The van der Waals surface area contributed by atoms with Crippen LogP contribution in [0.15, 0.2) is 24.8 Å². The SMILES string of the molecule is C=CCCNC(=O)C1CC=CCC1C(=O)O. The molecule has 1 amide bonds. The summed E-state index contributed by atoms with van der Waals surface area (Å²) in [5.41, 5.74) is 0. The molecule has 0 aliphatic heterocycles. The molecule has 0 aromatic rings. The zero-order valence-electron chi connectivity index (χ0n) is 9.19. The van der Waals surface area contributed by atoms with Gasteiger partial charge in [-0.2, -0.15) is 0 Å². The Morgan fingerprint density at radius 1 is 1.38 bits per heavy atom. The highest BCUT2D eigenvalue weighted by Gasteiger charge is 2.33. The zero-order chi connectivity index (χ0) is 12.0. The molecule has 0 heterocycles. The Hall–Kier alpha value is -1.58. The zero-order valence-corrected chi connectivity index (χ0v) is 9.19. The monoisotopic (exact) mass is 223 g/mol. The van der Waals surface area contributed by atoms with Gasteiger partial charge in [0, 0.05) is 6.54 Å². The van der Waals surface area contributed by atoms with Crippen LogP contribution in [0.3, 0.4) is 0 Å². The summed E-state index contributed by atoms with van der Waals surface area (Å²) in [7, 11) is 0. The number of hydrogen-bond donors (Lipinski definition) is 2. The number of carbonyl (C=O) groups is 2. The number of rotatable bonds is 5. The molecule has 0 aromatic carbocycles. The standard InChI is InChI=1S/C12H17NO3/c1-2-3-8-13-11(14)9-6-4-5-7-10(9)12(15)16/h2,4-5,9-10H,1,3,6-8H2,(H,13,14)(H,15,16). The molecule has 0 radical (unpaired) electrons. The maximum absolute atomic E-state index is 11.7. The molecule has 2 unspecified atom stereocenters. The molecule has 0 bridgehead atoms. The molecule has 2 N–H and O–H groups in total. The lowest BCUT2D eigenvalue weighted by atomic mass is 9.82. The first-order valence-corrected chi connectivity index (χ1v) is 5.43. The first-order chi connectivity index (χ1) is 7.66. The summed E-state index contributed by atoms with van der Waals surface area (Å²) in [6.07, 6.45) is 7.07. The fourth-order valence-corrected chi connectivity index (χ4v) is 1.81. The van der Waals surface area contributed by atoms with Gasteiger partial charge in [0.25, 0.3) is 0 Å². The Morgan fingerprint density at radius 2 is 2.00 bits per heavy atom. The van der Waals surface area contributed by atoms with E-state index in [0.717, 1.165) is 0 Å². The fraction of sp³-hybridized carbons (Fsp3) is 0.500. The normalized spacial score (nSPS) is 23.8. The van der Waals surface area contributed by atoms with Gasteiger partial charge in [-0.25, -0.2) is 0 Å². The van der Waals surface area contributed by atoms with Gasteiger partial charge in [-0.3, -0.25) is 9.59 Å². The maximum Gasteiger partial charge on any atom is 0.307 e. The summed E-state index contributed by atoms with van der Waals surface area (Å²) in [5, 5.41) is 11.7. The van der Waals surface area contributed by atoms with Gasteiger partial charge in [0.1, 0.15) is 0 Å². The van der Waals surface area contributed by atoms with E-state index in [1.54, 1.807) is 6.08 Å². The molecule has 0 aromatic heterocycles. The second kappa shape index (κ2) is 6.10. The molecule has 16 heavy (non-hydrogen) atoms. The van der Waals surface area contributed by atoms with Crippen molar-refractivity contribution < 1.29 is 14.7 Å². The van der Waals surface area contributed by atoms with Crippen LogP contribution in [0.2, 0.25) is 0 Å².